The highest BCUT2D eigenvalue weighted by Crippen LogP contribution is 2.45. The van der Waals surface area contributed by atoms with E-state index >= 15 is 0 Å². The van der Waals surface area contributed by atoms with Gasteiger partial charge in [-0.2, -0.15) is 8.78 Å². The third-order valence-corrected chi connectivity index (χ3v) is 4.53. The van der Waals surface area contributed by atoms with Crippen LogP contribution in [-0.4, -0.2) is 12.3 Å². The molecule has 1 aromatic carbocycles. The van der Waals surface area contributed by atoms with E-state index in [1.807, 2.05) is 32.9 Å². The maximum Gasteiger partial charge on any atom is 0.323 e. The van der Waals surface area contributed by atoms with Crippen LogP contribution in [0.15, 0.2) is 12.1 Å². The Labute approximate surface area is 125 Å². The van der Waals surface area contributed by atoms with Crippen LogP contribution in [-0.2, 0) is 19.3 Å². The van der Waals surface area contributed by atoms with Crippen molar-refractivity contribution >= 4 is 15.9 Å². The van der Waals surface area contributed by atoms with Crippen LogP contribution in [0.25, 0.3) is 0 Å². The first-order valence-electron chi connectivity index (χ1n) is 6.74. The third-order valence-electron chi connectivity index (χ3n) is 3.46. The van der Waals surface area contributed by atoms with Crippen molar-refractivity contribution in [1.82, 2.24) is 0 Å². The van der Waals surface area contributed by atoms with Gasteiger partial charge in [-0.25, -0.2) is 8.78 Å². The van der Waals surface area contributed by atoms with Gasteiger partial charge in [0, 0.05) is 0 Å². The standard InChI is InChI=1S/C15H19BrF4/c1-4-9-7-10(5-2)12(11(6-3)8-9)13(16)15(19,20)14(17)18/h7-8,13-14H,4-6H2,1-3H3. The zero-order valence-corrected chi connectivity index (χ0v) is 13.4. The van der Waals surface area contributed by atoms with Gasteiger partial charge < -0.3 is 0 Å². The van der Waals surface area contributed by atoms with E-state index in [-0.39, 0.29) is 0 Å². The summed E-state index contributed by atoms with van der Waals surface area (Å²) in [4.78, 5) is -1.66. The smallest absolute Gasteiger partial charge is 0.204 e. The van der Waals surface area contributed by atoms with E-state index in [1.54, 1.807) is 0 Å². The Hall–Kier alpha value is -0.580. The van der Waals surface area contributed by atoms with Gasteiger partial charge in [0.2, 0.25) is 0 Å². The third kappa shape index (κ3) is 3.35. The van der Waals surface area contributed by atoms with Crippen molar-refractivity contribution in [3.05, 3.63) is 34.4 Å². The molecule has 0 N–H and O–H groups in total. The first-order chi connectivity index (χ1) is 9.29. The van der Waals surface area contributed by atoms with Crippen molar-refractivity contribution in [2.75, 3.05) is 0 Å². The Morgan fingerprint density at radius 1 is 1.00 bits per heavy atom. The average molecular weight is 355 g/mol. The fourth-order valence-corrected chi connectivity index (χ4v) is 3.06. The Kier molecular flexibility index (Phi) is 6.05. The van der Waals surface area contributed by atoms with Gasteiger partial charge >= 0.3 is 12.3 Å². The van der Waals surface area contributed by atoms with Crippen LogP contribution in [0.3, 0.4) is 0 Å². The van der Waals surface area contributed by atoms with Crippen LogP contribution >= 0.6 is 15.9 Å². The number of rotatable bonds is 6. The monoisotopic (exact) mass is 354 g/mol. The van der Waals surface area contributed by atoms with Crippen molar-refractivity contribution in [2.45, 2.75) is 57.2 Å². The highest BCUT2D eigenvalue weighted by atomic mass is 79.9. The van der Waals surface area contributed by atoms with Crippen molar-refractivity contribution < 1.29 is 17.6 Å². The van der Waals surface area contributed by atoms with Gasteiger partial charge in [-0.3, -0.25) is 0 Å². The maximum atomic E-state index is 13.6. The van der Waals surface area contributed by atoms with Gasteiger partial charge in [0.25, 0.3) is 0 Å². The van der Waals surface area contributed by atoms with Crippen LogP contribution in [0.1, 0.15) is 47.9 Å². The first-order valence-corrected chi connectivity index (χ1v) is 7.65. The summed E-state index contributed by atoms with van der Waals surface area (Å²) in [6.07, 6.45) is -1.82. The summed E-state index contributed by atoms with van der Waals surface area (Å²) < 4.78 is 52.5. The summed E-state index contributed by atoms with van der Waals surface area (Å²) in [5.74, 6) is -4.08. The van der Waals surface area contributed by atoms with Crippen molar-refractivity contribution in [3.63, 3.8) is 0 Å². The fourth-order valence-electron chi connectivity index (χ4n) is 2.27. The average Bonchev–Trinajstić information content (AvgIpc) is 2.44. The zero-order valence-electron chi connectivity index (χ0n) is 11.8. The molecule has 1 rings (SSSR count). The highest BCUT2D eigenvalue weighted by Gasteiger charge is 2.49. The Balaban J connectivity index is 3.42. The molecule has 0 fully saturated rings. The number of hydrogen-bond donors (Lipinski definition) is 0. The second kappa shape index (κ2) is 6.92. The van der Waals surface area contributed by atoms with Crippen LogP contribution < -0.4 is 0 Å². The molecule has 0 amide bonds. The van der Waals surface area contributed by atoms with E-state index in [0.29, 0.717) is 29.5 Å². The van der Waals surface area contributed by atoms with Crippen LogP contribution in [0.2, 0.25) is 0 Å². The van der Waals surface area contributed by atoms with Gasteiger partial charge in [-0.15, -0.1) is 0 Å². The number of benzene rings is 1. The molecule has 0 aliphatic rings. The van der Waals surface area contributed by atoms with Crippen LogP contribution in [0, 0.1) is 0 Å². The molecule has 1 unspecified atom stereocenters. The number of alkyl halides is 5. The Bertz CT molecular complexity index is 432. The summed E-state index contributed by atoms with van der Waals surface area (Å²) in [5.41, 5.74) is 2.78. The summed E-state index contributed by atoms with van der Waals surface area (Å²) in [5, 5.41) is 0. The van der Waals surface area contributed by atoms with E-state index in [1.165, 1.54) is 0 Å². The lowest BCUT2D eigenvalue weighted by molar-refractivity contribution is -0.128. The summed E-state index contributed by atoms with van der Waals surface area (Å²) in [6.45, 7) is 5.67. The molecule has 1 aromatic rings. The quantitative estimate of drug-likeness (QED) is 0.453. The zero-order chi connectivity index (χ0) is 15.5. The topological polar surface area (TPSA) is 0 Å². The molecular formula is C15H19BrF4. The Morgan fingerprint density at radius 3 is 1.75 bits per heavy atom. The van der Waals surface area contributed by atoms with Gasteiger partial charge in [0.05, 0.1) is 0 Å². The minimum absolute atomic E-state index is 0.317. The lowest BCUT2D eigenvalue weighted by Gasteiger charge is -2.26. The molecule has 0 aliphatic carbocycles. The maximum absolute atomic E-state index is 13.6. The lowest BCUT2D eigenvalue weighted by atomic mass is 9.90. The van der Waals surface area contributed by atoms with Crippen molar-refractivity contribution in [2.24, 2.45) is 0 Å². The molecule has 0 aromatic heterocycles. The predicted molar refractivity (Wildman–Crippen MR) is 77.2 cm³/mol. The molecule has 5 heteroatoms. The van der Waals surface area contributed by atoms with Gasteiger partial charge in [-0.05, 0) is 41.5 Å². The molecule has 0 bridgehead atoms. The normalized spacial score (nSPS) is 13.8. The van der Waals surface area contributed by atoms with Gasteiger partial charge in [0.1, 0.15) is 4.83 Å². The number of hydrogen-bond acceptors (Lipinski definition) is 0. The molecule has 1 atom stereocenters. The molecule has 20 heavy (non-hydrogen) atoms. The molecule has 0 aliphatic heterocycles. The molecule has 0 spiro atoms. The summed E-state index contributed by atoms with van der Waals surface area (Å²) >= 11 is 2.81. The van der Waals surface area contributed by atoms with Gasteiger partial charge in [0.15, 0.2) is 0 Å². The van der Waals surface area contributed by atoms with E-state index in [0.717, 1.165) is 12.0 Å². The minimum atomic E-state index is -4.08. The molecule has 0 nitrogen and oxygen atoms in total. The number of aryl methyl sites for hydroxylation is 3. The van der Waals surface area contributed by atoms with E-state index in [2.05, 4.69) is 15.9 Å². The van der Waals surface area contributed by atoms with Crippen molar-refractivity contribution in [1.29, 1.82) is 0 Å². The number of halogens is 5. The Morgan fingerprint density at radius 2 is 1.45 bits per heavy atom. The highest BCUT2D eigenvalue weighted by molar-refractivity contribution is 9.09. The molecule has 0 radical (unpaired) electrons. The van der Waals surface area contributed by atoms with Crippen LogP contribution in [0.5, 0.6) is 0 Å². The largest absolute Gasteiger partial charge is 0.323 e. The fraction of sp³-hybridized carbons (Fsp3) is 0.600. The second-order valence-electron chi connectivity index (χ2n) is 4.73. The predicted octanol–water partition coefficient (Wildman–Crippen LogP) is 5.71. The van der Waals surface area contributed by atoms with E-state index in [9.17, 15) is 17.6 Å². The second-order valence-corrected chi connectivity index (χ2v) is 5.64. The molecule has 0 heterocycles. The molecule has 0 saturated carbocycles. The summed E-state index contributed by atoms with van der Waals surface area (Å²) in [7, 11) is 0. The van der Waals surface area contributed by atoms with E-state index in [4.69, 9.17) is 0 Å². The van der Waals surface area contributed by atoms with E-state index < -0.39 is 17.2 Å². The van der Waals surface area contributed by atoms with Gasteiger partial charge in [-0.1, -0.05) is 48.8 Å². The SMILES string of the molecule is CCc1cc(CC)c(C(Br)C(F)(F)C(F)F)c(CC)c1. The first kappa shape index (κ1) is 17.5. The summed E-state index contributed by atoms with van der Waals surface area (Å²) in [6, 6.07) is 3.68. The minimum Gasteiger partial charge on any atom is -0.204 e. The molecular weight excluding hydrogens is 336 g/mol. The molecule has 114 valence electrons. The molecule has 0 saturated heterocycles. The van der Waals surface area contributed by atoms with Crippen LogP contribution in [0.4, 0.5) is 17.6 Å². The van der Waals surface area contributed by atoms with Crippen molar-refractivity contribution in [3.8, 4) is 0 Å². The lowest BCUT2D eigenvalue weighted by Crippen LogP contribution is -2.32.